The maximum atomic E-state index is 11.4. The molecule has 3 heteroatoms. The molecule has 0 amide bonds. The number of carboxylic acids is 1. The zero-order valence-corrected chi connectivity index (χ0v) is 10.9. The summed E-state index contributed by atoms with van der Waals surface area (Å²) in [7, 11) is 0. The molecule has 1 N–H and O–H groups in total. The Morgan fingerprint density at radius 2 is 1.88 bits per heavy atom. The quantitative estimate of drug-likeness (QED) is 0.753. The van der Waals surface area contributed by atoms with Crippen LogP contribution in [0.4, 0.5) is 0 Å². The summed E-state index contributed by atoms with van der Waals surface area (Å²) in [5.41, 5.74) is 0. The summed E-state index contributed by atoms with van der Waals surface area (Å²) < 4.78 is 0. The highest BCUT2D eigenvalue weighted by atomic mass is 16.4. The summed E-state index contributed by atoms with van der Waals surface area (Å²) in [6.45, 7) is 4.51. The van der Waals surface area contributed by atoms with Gasteiger partial charge in [0, 0.05) is 12.6 Å². The van der Waals surface area contributed by atoms with Crippen molar-refractivity contribution in [2.75, 3.05) is 13.1 Å². The molecule has 1 heterocycles. The molecule has 0 bridgehead atoms. The summed E-state index contributed by atoms with van der Waals surface area (Å²) in [5.74, 6) is 0.0411. The van der Waals surface area contributed by atoms with Crippen LogP contribution in [0.3, 0.4) is 0 Å². The molecule has 0 aromatic carbocycles. The van der Waals surface area contributed by atoms with Crippen LogP contribution in [0, 0.1) is 11.8 Å². The number of likely N-dealkylation sites (tertiary alicyclic amines) is 1. The first-order valence-corrected chi connectivity index (χ1v) is 7.15. The van der Waals surface area contributed by atoms with Crippen LogP contribution in [-0.4, -0.2) is 35.1 Å². The van der Waals surface area contributed by atoms with E-state index in [-0.39, 0.29) is 5.92 Å². The van der Waals surface area contributed by atoms with E-state index in [4.69, 9.17) is 0 Å². The molecule has 1 aliphatic heterocycles. The third-order valence-corrected chi connectivity index (χ3v) is 4.45. The van der Waals surface area contributed by atoms with E-state index in [1.807, 2.05) is 0 Å². The van der Waals surface area contributed by atoms with Gasteiger partial charge in [-0.05, 0) is 38.1 Å². The molecule has 2 fully saturated rings. The highest BCUT2D eigenvalue weighted by Crippen LogP contribution is 2.30. The van der Waals surface area contributed by atoms with Crippen LogP contribution in [0.1, 0.15) is 51.9 Å². The lowest BCUT2D eigenvalue weighted by molar-refractivity contribution is -0.145. The van der Waals surface area contributed by atoms with Gasteiger partial charge in [-0.15, -0.1) is 0 Å². The third-order valence-electron chi connectivity index (χ3n) is 4.45. The molecule has 0 radical (unpaired) electrons. The number of aliphatic carboxylic acids is 1. The van der Waals surface area contributed by atoms with Gasteiger partial charge in [0.2, 0.25) is 0 Å². The highest BCUT2D eigenvalue weighted by molar-refractivity contribution is 5.70. The fraction of sp³-hybridized carbons (Fsp3) is 0.929. The van der Waals surface area contributed by atoms with Gasteiger partial charge in [0.25, 0.3) is 0 Å². The van der Waals surface area contributed by atoms with E-state index in [9.17, 15) is 9.90 Å². The molecule has 3 unspecified atom stereocenters. The average Bonchev–Trinajstić information content (AvgIpc) is 2.54. The van der Waals surface area contributed by atoms with E-state index in [0.717, 1.165) is 38.3 Å². The second kappa shape index (κ2) is 5.85. The molecule has 1 aliphatic carbocycles. The minimum atomic E-state index is -0.574. The predicted molar refractivity (Wildman–Crippen MR) is 68.0 cm³/mol. The van der Waals surface area contributed by atoms with Crippen LogP contribution in [0.15, 0.2) is 0 Å². The van der Waals surface area contributed by atoms with Gasteiger partial charge in [0.15, 0.2) is 0 Å². The van der Waals surface area contributed by atoms with E-state index >= 15 is 0 Å². The van der Waals surface area contributed by atoms with Gasteiger partial charge >= 0.3 is 5.97 Å². The fourth-order valence-corrected chi connectivity index (χ4v) is 3.54. The summed E-state index contributed by atoms with van der Waals surface area (Å²) in [4.78, 5) is 13.9. The summed E-state index contributed by atoms with van der Waals surface area (Å²) in [5, 5.41) is 9.40. The molecule has 3 atom stereocenters. The lowest BCUT2D eigenvalue weighted by Gasteiger charge is -2.39. The number of hydrogen-bond donors (Lipinski definition) is 1. The van der Waals surface area contributed by atoms with Gasteiger partial charge < -0.3 is 5.11 Å². The van der Waals surface area contributed by atoms with Gasteiger partial charge in [-0.1, -0.05) is 26.2 Å². The summed E-state index contributed by atoms with van der Waals surface area (Å²) >= 11 is 0. The maximum absolute atomic E-state index is 11.4. The lowest BCUT2D eigenvalue weighted by Crippen LogP contribution is -2.47. The van der Waals surface area contributed by atoms with Crippen molar-refractivity contribution in [2.45, 2.75) is 57.9 Å². The SMILES string of the molecule is CC1CCCN(C2CCCCCC2C(=O)O)C1. The fourth-order valence-electron chi connectivity index (χ4n) is 3.54. The molecule has 0 aromatic heterocycles. The Balaban J connectivity index is 2.05. The number of piperidine rings is 1. The number of carbonyl (C=O) groups is 1. The second-order valence-electron chi connectivity index (χ2n) is 5.89. The van der Waals surface area contributed by atoms with E-state index in [1.165, 1.54) is 25.7 Å². The van der Waals surface area contributed by atoms with E-state index in [2.05, 4.69) is 11.8 Å². The minimum absolute atomic E-state index is 0.122. The Hall–Kier alpha value is -0.570. The van der Waals surface area contributed by atoms with Crippen molar-refractivity contribution >= 4 is 5.97 Å². The van der Waals surface area contributed by atoms with E-state index in [1.54, 1.807) is 0 Å². The van der Waals surface area contributed by atoms with E-state index in [0.29, 0.717) is 6.04 Å². The number of hydrogen-bond acceptors (Lipinski definition) is 2. The topological polar surface area (TPSA) is 40.5 Å². The standard InChI is InChI=1S/C14H25NO2/c1-11-6-5-9-15(10-11)13-8-4-2-3-7-12(13)14(16)17/h11-13H,2-10H2,1H3,(H,16,17). The summed E-state index contributed by atoms with van der Waals surface area (Å²) in [6.07, 6.45) is 8.03. The van der Waals surface area contributed by atoms with Gasteiger partial charge in [0.1, 0.15) is 0 Å². The van der Waals surface area contributed by atoms with Gasteiger partial charge in [-0.25, -0.2) is 0 Å². The van der Waals surface area contributed by atoms with Crippen molar-refractivity contribution in [1.82, 2.24) is 4.90 Å². The maximum Gasteiger partial charge on any atom is 0.308 e. The zero-order valence-electron chi connectivity index (χ0n) is 10.9. The molecule has 2 rings (SSSR count). The summed E-state index contributed by atoms with van der Waals surface area (Å²) in [6, 6.07) is 0.303. The molecule has 3 nitrogen and oxygen atoms in total. The van der Waals surface area contributed by atoms with Crippen molar-refractivity contribution in [3.63, 3.8) is 0 Å². The second-order valence-corrected chi connectivity index (χ2v) is 5.89. The molecule has 0 spiro atoms. The van der Waals surface area contributed by atoms with Crippen LogP contribution in [0.25, 0.3) is 0 Å². The van der Waals surface area contributed by atoms with Crippen molar-refractivity contribution < 1.29 is 9.90 Å². The first kappa shape index (κ1) is 12.9. The molecule has 2 aliphatic rings. The molecule has 98 valence electrons. The van der Waals surface area contributed by atoms with Crippen LogP contribution in [0.5, 0.6) is 0 Å². The van der Waals surface area contributed by atoms with Gasteiger partial charge in [0.05, 0.1) is 5.92 Å². The molecular weight excluding hydrogens is 214 g/mol. The highest BCUT2D eigenvalue weighted by Gasteiger charge is 2.34. The first-order chi connectivity index (χ1) is 8.18. The predicted octanol–water partition coefficient (Wildman–Crippen LogP) is 2.75. The van der Waals surface area contributed by atoms with Crippen molar-refractivity contribution in [3.8, 4) is 0 Å². The monoisotopic (exact) mass is 239 g/mol. The van der Waals surface area contributed by atoms with Crippen LogP contribution in [-0.2, 0) is 4.79 Å². The molecular formula is C14H25NO2. The smallest absolute Gasteiger partial charge is 0.308 e. The zero-order chi connectivity index (χ0) is 12.3. The number of nitrogens with zero attached hydrogens (tertiary/aromatic N) is 1. The minimum Gasteiger partial charge on any atom is -0.481 e. The Labute approximate surface area is 104 Å². The Morgan fingerprint density at radius 3 is 2.59 bits per heavy atom. The van der Waals surface area contributed by atoms with Crippen LogP contribution in [0.2, 0.25) is 0 Å². The lowest BCUT2D eigenvalue weighted by atomic mass is 9.90. The van der Waals surface area contributed by atoms with Crippen molar-refractivity contribution in [3.05, 3.63) is 0 Å². The number of rotatable bonds is 2. The number of carboxylic acid groups (broad SMARTS) is 1. The Bertz CT molecular complexity index is 267. The van der Waals surface area contributed by atoms with Crippen LogP contribution < -0.4 is 0 Å². The van der Waals surface area contributed by atoms with E-state index < -0.39 is 5.97 Å². The van der Waals surface area contributed by atoms with Crippen LogP contribution >= 0.6 is 0 Å². The first-order valence-electron chi connectivity index (χ1n) is 7.15. The van der Waals surface area contributed by atoms with Crippen molar-refractivity contribution in [1.29, 1.82) is 0 Å². The Morgan fingerprint density at radius 1 is 1.12 bits per heavy atom. The largest absolute Gasteiger partial charge is 0.481 e. The third kappa shape index (κ3) is 3.21. The van der Waals surface area contributed by atoms with Crippen molar-refractivity contribution in [2.24, 2.45) is 11.8 Å². The van der Waals surface area contributed by atoms with Gasteiger partial charge in [-0.3, -0.25) is 9.69 Å². The molecule has 17 heavy (non-hydrogen) atoms. The molecule has 1 saturated carbocycles. The average molecular weight is 239 g/mol. The molecule has 1 saturated heterocycles. The van der Waals surface area contributed by atoms with Gasteiger partial charge in [-0.2, -0.15) is 0 Å². The normalized spacial score (nSPS) is 36.4. The Kier molecular flexibility index (Phi) is 4.43. The molecule has 0 aromatic rings.